The van der Waals surface area contributed by atoms with Gasteiger partial charge in [-0.05, 0) is 12.0 Å². The van der Waals surface area contributed by atoms with Crippen molar-refractivity contribution < 1.29 is 9.59 Å². The summed E-state index contributed by atoms with van der Waals surface area (Å²) in [6.07, 6.45) is 0.478. The lowest BCUT2D eigenvalue weighted by Crippen LogP contribution is -2.41. The van der Waals surface area contributed by atoms with Crippen molar-refractivity contribution in [2.45, 2.75) is 19.4 Å². The molecule has 0 aliphatic carbocycles. The van der Waals surface area contributed by atoms with Crippen LogP contribution in [0.3, 0.4) is 0 Å². The fraction of sp³-hybridized carbons (Fsp3) is 0.333. The van der Waals surface area contributed by atoms with Crippen molar-refractivity contribution in [3.63, 3.8) is 0 Å². The summed E-state index contributed by atoms with van der Waals surface area (Å²) in [5.74, 6) is -0.474. The van der Waals surface area contributed by atoms with Gasteiger partial charge in [-0.3, -0.25) is 9.59 Å². The van der Waals surface area contributed by atoms with E-state index in [1.807, 2.05) is 30.3 Å². The molecule has 1 rings (SSSR count). The summed E-state index contributed by atoms with van der Waals surface area (Å²) in [5.41, 5.74) is 1.000. The van der Waals surface area contributed by atoms with E-state index in [1.54, 1.807) is 0 Å². The molecule has 1 N–H and O–H groups in total. The van der Waals surface area contributed by atoms with Gasteiger partial charge in [0.25, 0.3) is 0 Å². The van der Waals surface area contributed by atoms with Crippen molar-refractivity contribution in [1.29, 1.82) is 0 Å². The first-order valence-electron chi connectivity index (χ1n) is 5.03. The number of hydrogen-bond acceptors (Lipinski definition) is 2. The first kappa shape index (κ1) is 12.7. The molecular weight excluding hydrogens is 226 g/mol. The Labute approximate surface area is 99.8 Å². The van der Waals surface area contributed by atoms with Gasteiger partial charge in [-0.25, -0.2) is 0 Å². The van der Waals surface area contributed by atoms with Crippen molar-refractivity contribution in [1.82, 2.24) is 5.32 Å². The van der Waals surface area contributed by atoms with Gasteiger partial charge in [-0.2, -0.15) is 0 Å². The van der Waals surface area contributed by atoms with Gasteiger partial charge in [-0.15, -0.1) is 11.6 Å². The van der Waals surface area contributed by atoms with Crippen LogP contribution in [0.15, 0.2) is 30.3 Å². The monoisotopic (exact) mass is 239 g/mol. The molecule has 0 aliphatic heterocycles. The summed E-state index contributed by atoms with van der Waals surface area (Å²) in [5, 5.41) is 2.61. The topological polar surface area (TPSA) is 46.2 Å². The highest BCUT2D eigenvalue weighted by Gasteiger charge is 2.18. The largest absolute Gasteiger partial charge is 0.346 e. The second-order valence-electron chi connectivity index (χ2n) is 3.54. The molecule has 1 atom stereocenters. The lowest BCUT2D eigenvalue weighted by molar-refractivity contribution is -0.125. The number of alkyl halides is 1. The van der Waals surface area contributed by atoms with E-state index in [9.17, 15) is 9.59 Å². The van der Waals surface area contributed by atoms with Crippen LogP contribution in [0.2, 0.25) is 0 Å². The minimum absolute atomic E-state index is 0.0855. The van der Waals surface area contributed by atoms with Crippen LogP contribution >= 0.6 is 11.6 Å². The van der Waals surface area contributed by atoms with Crippen molar-refractivity contribution >= 4 is 23.3 Å². The van der Waals surface area contributed by atoms with Gasteiger partial charge in [0.15, 0.2) is 5.78 Å². The number of nitrogens with one attached hydrogen (secondary N) is 1. The summed E-state index contributed by atoms with van der Waals surface area (Å²) < 4.78 is 0. The maximum atomic E-state index is 11.5. The number of carbonyl (C=O) groups is 2. The number of rotatable bonds is 5. The van der Waals surface area contributed by atoms with Gasteiger partial charge < -0.3 is 5.32 Å². The number of benzene rings is 1. The fourth-order valence-corrected chi connectivity index (χ4v) is 1.62. The predicted molar refractivity (Wildman–Crippen MR) is 63.5 cm³/mol. The van der Waals surface area contributed by atoms with Crippen LogP contribution in [-0.4, -0.2) is 23.6 Å². The van der Waals surface area contributed by atoms with Crippen LogP contribution in [0, 0.1) is 0 Å². The highest BCUT2D eigenvalue weighted by atomic mass is 35.5. The molecule has 1 aromatic rings. The molecule has 0 saturated carbocycles. The molecule has 4 heteroatoms. The molecule has 0 spiro atoms. The van der Waals surface area contributed by atoms with Gasteiger partial charge in [0.2, 0.25) is 5.91 Å². The van der Waals surface area contributed by atoms with Crippen molar-refractivity contribution in [2.75, 3.05) is 5.88 Å². The zero-order valence-electron chi connectivity index (χ0n) is 9.07. The maximum Gasteiger partial charge on any atom is 0.217 e. The van der Waals surface area contributed by atoms with Crippen LogP contribution in [-0.2, 0) is 16.0 Å². The third-order valence-electron chi connectivity index (χ3n) is 2.18. The van der Waals surface area contributed by atoms with Gasteiger partial charge in [0, 0.05) is 6.92 Å². The number of ketones is 1. The Morgan fingerprint density at radius 1 is 1.31 bits per heavy atom. The highest BCUT2D eigenvalue weighted by Crippen LogP contribution is 2.04. The molecule has 0 unspecified atom stereocenters. The zero-order chi connectivity index (χ0) is 12.0. The zero-order valence-corrected chi connectivity index (χ0v) is 9.83. The summed E-state index contributed by atoms with van der Waals surface area (Å²) in [6, 6.07) is 8.99. The number of carbonyl (C=O) groups excluding carboxylic acids is 2. The molecule has 16 heavy (non-hydrogen) atoms. The maximum absolute atomic E-state index is 11.5. The van der Waals surface area contributed by atoms with E-state index in [4.69, 9.17) is 11.6 Å². The first-order valence-corrected chi connectivity index (χ1v) is 5.56. The Balaban J connectivity index is 2.70. The number of amides is 1. The quantitative estimate of drug-likeness (QED) is 0.793. The molecule has 1 aromatic carbocycles. The summed E-state index contributed by atoms with van der Waals surface area (Å²) in [4.78, 5) is 22.5. The second kappa shape index (κ2) is 6.28. The minimum Gasteiger partial charge on any atom is -0.346 e. The number of halogens is 1. The van der Waals surface area contributed by atoms with Crippen molar-refractivity contribution in [3.8, 4) is 0 Å². The van der Waals surface area contributed by atoms with Crippen LogP contribution in [0.25, 0.3) is 0 Å². The third-order valence-corrected chi connectivity index (χ3v) is 2.44. The predicted octanol–water partition coefficient (Wildman–Crippen LogP) is 1.54. The van der Waals surface area contributed by atoms with E-state index < -0.39 is 6.04 Å². The molecule has 86 valence electrons. The Hall–Kier alpha value is -1.35. The number of Topliss-reactive ketones (excluding diaryl/α,β-unsaturated/α-hetero) is 1. The molecule has 0 fully saturated rings. The molecule has 0 bridgehead atoms. The van der Waals surface area contributed by atoms with Crippen molar-refractivity contribution in [2.24, 2.45) is 0 Å². The van der Waals surface area contributed by atoms with Crippen LogP contribution in [0.5, 0.6) is 0 Å². The molecule has 0 heterocycles. The van der Waals surface area contributed by atoms with E-state index in [-0.39, 0.29) is 17.6 Å². The third kappa shape index (κ3) is 4.03. The smallest absolute Gasteiger partial charge is 0.217 e. The fourth-order valence-electron chi connectivity index (χ4n) is 1.43. The molecule has 0 aromatic heterocycles. The van der Waals surface area contributed by atoms with E-state index >= 15 is 0 Å². The average Bonchev–Trinajstić information content (AvgIpc) is 2.28. The van der Waals surface area contributed by atoms with Crippen LogP contribution < -0.4 is 5.32 Å². The van der Waals surface area contributed by atoms with Gasteiger partial charge in [-0.1, -0.05) is 30.3 Å². The standard InChI is InChI=1S/C12H14ClNO2/c1-9(15)14-11(12(16)8-13)7-10-5-3-2-4-6-10/h2-6,11H,7-8H2,1H3,(H,14,15)/t11-/m0/s1. The highest BCUT2D eigenvalue weighted by molar-refractivity contribution is 6.28. The molecule has 1 amide bonds. The SMILES string of the molecule is CC(=O)N[C@@H](Cc1ccccc1)C(=O)CCl. The van der Waals surface area contributed by atoms with Crippen LogP contribution in [0.1, 0.15) is 12.5 Å². The van der Waals surface area contributed by atoms with Crippen molar-refractivity contribution in [3.05, 3.63) is 35.9 Å². The average molecular weight is 240 g/mol. The molecular formula is C12H14ClNO2. The van der Waals surface area contributed by atoms with E-state index in [1.165, 1.54) is 6.92 Å². The lowest BCUT2D eigenvalue weighted by atomic mass is 10.0. The molecule has 0 saturated heterocycles. The summed E-state index contributed by atoms with van der Waals surface area (Å²) in [6.45, 7) is 1.39. The van der Waals surface area contributed by atoms with E-state index in [0.29, 0.717) is 6.42 Å². The Morgan fingerprint density at radius 2 is 1.94 bits per heavy atom. The van der Waals surface area contributed by atoms with Gasteiger partial charge >= 0.3 is 0 Å². The minimum atomic E-state index is -0.530. The second-order valence-corrected chi connectivity index (χ2v) is 3.81. The number of hydrogen-bond donors (Lipinski definition) is 1. The molecule has 0 radical (unpaired) electrons. The van der Waals surface area contributed by atoms with E-state index in [0.717, 1.165) is 5.56 Å². The molecule has 3 nitrogen and oxygen atoms in total. The van der Waals surface area contributed by atoms with Gasteiger partial charge in [0.1, 0.15) is 0 Å². The Kier molecular flexibility index (Phi) is 4.99. The summed E-state index contributed by atoms with van der Waals surface area (Å²) in [7, 11) is 0. The summed E-state index contributed by atoms with van der Waals surface area (Å²) >= 11 is 5.50. The normalized spacial score (nSPS) is 11.9. The first-order chi connectivity index (χ1) is 7.63. The lowest BCUT2D eigenvalue weighted by Gasteiger charge is -2.15. The Morgan fingerprint density at radius 3 is 2.44 bits per heavy atom. The molecule has 0 aliphatic rings. The van der Waals surface area contributed by atoms with Gasteiger partial charge in [0.05, 0.1) is 11.9 Å². The van der Waals surface area contributed by atoms with E-state index in [2.05, 4.69) is 5.32 Å². The van der Waals surface area contributed by atoms with Crippen LogP contribution in [0.4, 0.5) is 0 Å². The Bertz CT molecular complexity index is 365.